The standard InChI is InChI=1S/C22H33N5O2S/c1-7-23-22(24-13-17-9-11-18(12-10-17)14-27(5)6)26-16(4)20-25-15(3)19(30-20)21(28)29-8-2/h9-12,16H,7-8,13-14H2,1-6H3,(H2,23,24,26). The highest BCUT2D eigenvalue weighted by Crippen LogP contribution is 2.24. The Morgan fingerprint density at radius 1 is 1.23 bits per heavy atom. The molecule has 2 N–H and O–H groups in total. The number of ether oxygens (including phenoxy) is 1. The molecule has 2 rings (SSSR count). The first-order valence-electron chi connectivity index (χ1n) is 10.3. The highest BCUT2D eigenvalue weighted by atomic mass is 32.1. The van der Waals surface area contributed by atoms with Crippen LogP contribution in [0.1, 0.15) is 58.3 Å². The van der Waals surface area contributed by atoms with Crippen molar-refractivity contribution < 1.29 is 9.53 Å². The van der Waals surface area contributed by atoms with Gasteiger partial charge in [-0.05, 0) is 52.9 Å². The molecular weight excluding hydrogens is 398 g/mol. The van der Waals surface area contributed by atoms with Crippen LogP contribution in [0.2, 0.25) is 0 Å². The van der Waals surface area contributed by atoms with Crippen molar-refractivity contribution in [3.05, 3.63) is 51.0 Å². The van der Waals surface area contributed by atoms with Crippen LogP contribution in [-0.4, -0.2) is 49.1 Å². The fourth-order valence-corrected chi connectivity index (χ4v) is 3.82. The molecule has 0 saturated heterocycles. The van der Waals surface area contributed by atoms with Gasteiger partial charge in [0, 0.05) is 13.1 Å². The lowest BCUT2D eigenvalue weighted by molar-refractivity contribution is 0.0531. The number of thiazole rings is 1. The Hall–Kier alpha value is -2.45. The number of benzene rings is 1. The lowest BCUT2D eigenvalue weighted by Crippen LogP contribution is -2.38. The molecule has 30 heavy (non-hydrogen) atoms. The maximum absolute atomic E-state index is 12.1. The van der Waals surface area contributed by atoms with Crippen LogP contribution in [-0.2, 0) is 17.8 Å². The molecule has 164 valence electrons. The van der Waals surface area contributed by atoms with E-state index < -0.39 is 0 Å². The first-order valence-corrected chi connectivity index (χ1v) is 11.1. The van der Waals surface area contributed by atoms with Crippen LogP contribution in [0, 0.1) is 6.92 Å². The van der Waals surface area contributed by atoms with Crippen LogP contribution in [0.3, 0.4) is 0 Å². The minimum atomic E-state index is -0.316. The summed E-state index contributed by atoms with van der Waals surface area (Å²) in [5.41, 5.74) is 3.13. The average molecular weight is 432 g/mol. The molecule has 0 spiro atoms. The maximum Gasteiger partial charge on any atom is 0.350 e. The van der Waals surface area contributed by atoms with Crippen molar-refractivity contribution in [2.45, 2.75) is 46.8 Å². The normalized spacial score (nSPS) is 12.7. The maximum atomic E-state index is 12.1. The number of hydrogen-bond donors (Lipinski definition) is 2. The first kappa shape index (κ1) is 23.8. The summed E-state index contributed by atoms with van der Waals surface area (Å²) in [5.74, 6) is 0.400. The third kappa shape index (κ3) is 7.11. The highest BCUT2D eigenvalue weighted by Gasteiger charge is 2.20. The van der Waals surface area contributed by atoms with Crippen molar-refractivity contribution in [2.75, 3.05) is 27.2 Å². The molecule has 1 aromatic heterocycles. The summed E-state index contributed by atoms with van der Waals surface area (Å²) in [6, 6.07) is 8.43. The van der Waals surface area contributed by atoms with Gasteiger partial charge in [0.1, 0.15) is 9.88 Å². The van der Waals surface area contributed by atoms with E-state index in [-0.39, 0.29) is 12.0 Å². The van der Waals surface area contributed by atoms with Crippen molar-refractivity contribution in [3.8, 4) is 0 Å². The summed E-state index contributed by atoms with van der Waals surface area (Å²) in [6.07, 6.45) is 0. The molecule has 0 bridgehead atoms. The number of guanidine groups is 1. The monoisotopic (exact) mass is 431 g/mol. The van der Waals surface area contributed by atoms with E-state index >= 15 is 0 Å². The van der Waals surface area contributed by atoms with Crippen LogP contribution < -0.4 is 10.6 Å². The zero-order valence-corrected chi connectivity index (χ0v) is 19.6. The number of aryl methyl sites for hydroxylation is 1. The zero-order valence-electron chi connectivity index (χ0n) is 18.8. The number of carbonyl (C=O) groups is 1. The van der Waals surface area contributed by atoms with E-state index in [4.69, 9.17) is 9.73 Å². The van der Waals surface area contributed by atoms with E-state index in [1.807, 2.05) is 20.8 Å². The smallest absolute Gasteiger partial charge is 0.350 e. The summed E-state index contributed by atoms with van der Waals surface area (Å²) < 4.78 is 5.11. The Bertz CT molecular complexity index is 846. The Morgan fingerprint density at radius 2 is 1.90 bits per heavy atom. The first-order chi connectivity index (χ1) is 14.3. The fourth-order valence-electron chi connectivity index (χ4n) is 2.86. The van der Waals surface area contributed by atoms with Gasteiger partial charge < -0.3 is 20.3 Å². The third-order valence-electron chi connectivity index (χ3n) is 4.28. The van der Waals surface area contributed by atoms with E-state index in [0.29, 0.717) is 29.7 Å². The molecule has 0 aliphatic rings. The molecular formula is C22H33N5O2S. The number of esters is 1. The van der Waals surface area contributed by atoms with Gasteiger partial charge in [-0.2, -0.15) is 0 Å². The van der Waals surface area contributed by atoms with Crippen molar-refractivity contribution in [3.63, 3.8) is 0 Å². The Morgan fingerprint density at radius 3 is 2.50 bits per heavy atom. The highest BCUT2D eigenvalue weighted by molar-refractivity contribution is 7.13. The van der Waals surface area contributed by atoms with Gasteiger partial charge in [-0.25, -0.2) is 14.8 Å². The van der Waals surface area contributed by atoms with Gasteiger partial charge in [0.25, 0.3) is 0 Å². The molecule has 2 aromatic rings. The SMILES string of the molecule is CCNC(=NCc1ccc(CN(C)C)cc1)NC(C)c1nc(C)c(C(=O)OCC)s1. The van der Waals surface area contributed by atoms with Gasteiger partial charge in [-0.15, -0.1) is 11.3 Å². The number of hydrogen-bond acceptors (Lipinski definition) is 6. The minimum Gasteiger partial charge on any atom is -0.462 e. The Labute approximate surface area is 183 Å². The predicted octanol–water partition coefficient (Wildman–Crippen LogP) is 3.51. The van der Waals surface area contributed by atoms with Gasteiger partial charge >= 0.3 is 5.97 Å². The summed E-state index contributed by atoms with van der Waals surface area (Å²) in [5, 5.41) is 7.48. The lowest BCUT2D eigenvalue weighted by atomic mass is 10.1. The Balaban J connectivity index is 2.05. The van der Waals surface area contributed by atoms with E-state index in [2.05, 4.69) is 58.9 Å². The summed E-state index contributed by atoms with van der Waals surface area (Å²) in [7, 11) is 4.13. The minimum absolute atomic E-state index is 0.0860. The number of aliphatic imine (C=N–C) groups is 1. The van der Waals surface area contributed by atoms with Crippen LogP contribution in [0.25, 0.3) is 0 Å². The molecule has 1 atom stereocenters. The molecule has 0 radical (unpaired) electrons. The Kier molecular flexibility index (Phi) is 9.26. The van der Waals surface area contributed by atoms with Crippen LogP contribution in [0.4, 0.5) is 0 Å². The molecule has 0 fully saturated rings. The molecule has 0 aliphatic carbocycles. The van der Waals surface area contributed by atoms with Gasteiger partial charge in [0.2, 0.25) is 0 Å². The molecule has 0 aliphatic heterocycles. The van der Waals surface area contributed by atoms with Crippen molar-refractivity contribution in [1.82, 2.24) is 20.5 Å². The van der Waals surface area contributed by atoms with Crippen LogP contribution in [0.5, 0.6) is 0 Å². The van der Waals surface area contributed by atoms with Crippen molar-refractivity contribution in [2.24, 2.45) is 4.99 Å². The molecule has 0 saturated carbocycles. The quantitative estimate of drug-likeness (QED) is 0.359. The third-order valence-corrected chi connectivity index (χ3v) is 5.60. The topological polar surface area (TPSA) is 78.9 Å². The second kappa shape index (κ2) is 11.7. The molecule has 8 heteroatoms. The number of carbonyl (C=O) groups excluding carboxylic acids is 1. The van der Waals surface area contributed by atoms with E-state index in [9.17, 15) is 4.79 Å². The number of rotatable bonds is 9. The molecule has 7 nitrogen and oxygen atoms in total. The second-order valence-corrected chi connectivity index (χ2v) is 8.33. The van der Waals surface area contributed by atoms with Crippen molar-refractivity contribution >= 4 is 23.3 Å². The van der Waals surface area contributed by atoms with E-state index in [1.54, 1.807) is 6.92 Å². The van der Waals surface area contributed by atoms with Gasteiger partial charge in [0.05, 0.1) is 24.9 Å². The van der Waals surface area contributed by atoms with E-state index in [0.717, 1.165) is 23.7 Å². The van der Waals surface area contributed by atoms with E-state index in [1.165, 1.54) is 16.9 Å². The van der Waals surface area contributed by atoms with Gasteiger partial charge in [-0.3, -0.25) is 0 Å². The van der Waals surface area contributed by atoms with Crippen LogP contribution in [0.15, 0.2) is 29.3 Å². The van der Waals surface area contributed by atoms with Gasteiger partial charge in [0.15, 0.2) is 5.96 Å². The number of nitrogens with zero attached hydrogens (tertiary/aromatic N) is 3. The largest absolute Gasteiger partial charge is 0.462 e. The number of nitrogens with one attached hydrogen (secondary N) is 2. The summed E-state index contributed by atoms with van der Waals surface area (Å²) >= 11 is 1.36. The van der Waals surface area contributed by atoms with Gasteiger partial charge in [-0.1, -0.05) is 24.3 Å². The average Bonchev–Trinajstić information content (AvgIpc) is 3.09. The molecule has 1 heterocycles. The molecule has 1 unspecified atom stereocenters. The summed E-state index contributed by atoms with van der Waals surface area (Å²) in [6.45, 7) is 10.3. The fraction of sp³-hybridized carbons (Fsp3) is 0.500. The lowest BCUT2D eigenvalue weighted by Gasteiger charge is -2.16. The van der Waals surface area contributed by atoms with Crippen molar-refractivity contribution in [1.29, 1.82) is 0 Å². The predicted molar refractivity (Wildman–Crippen MR) is 123 cm³/mol. The summed E-state index contributed by atoms with van der Waals surface area (Å²) in [4.78, 5) is 24.0. The zero-order chi connectivity index (χ0) is 22.1. The van der Waals surface area contributed by atoms with Crippen LogP contribution >= 0.6 is 11.3 Å². The second-order valence-electron chi connectivity index (χ2n) is 7.30. The molecule has 0 amide bonds. The number of aromatic nitrogens is 1. The molecule has 1 aromatic carbocycles.